The highest BCUT2D eigenvalue weighted by Gasteiger charge is 2.14. The van der Waals surface area contributed by atoms with Gasteiger partial charge in [0, 0.05) is 6.20 Å². The number of ether oxygens (including phenoxy) is 2. The van der Waals surface area contributed by atoms with Crippen LogP contribution in [0.15, 0.2) is 48.9 Å². The lowest BCUT2D eigenvalue weighted by atomic mass is 10.3. The molecule has 0 aliphatic rings. The molecular formula is C15H13N3O3. The number of fused-ring (bicyclic) bond motifs is 1. The second-order valence-corrected chi connectivity index (χ2v) is 4.32. The fourth-order valence-corrected chi connectivity index (χ4v) is 2.05. The third-order valence-electron chi connectivity index (χ3n) is 3.02. The highest BCUT2D eigenvalue weighted by molar-refractivity contribution is 5.88. The molecule has 3 heterocycles. The minimum atomic E-state index is -0.416. The number of esters is 1. The number of nitrogens with zero attached hydrogens (tertiary/aromatic N) is 3. The molecule has 0 aliphatic heterocycles. The van der Waals surface area contributed by atoms with E-state index in [0.717, 1.165) is 5.69 Å². The first-order chi connectivity index (χ1) is 10.3. The quantitative estimate of drug-likeness (QED) is 0.686. The Labute approximate surface area is 121 Å². The van der Waals surface area contributed by atoms with Crippen molar-refractivity contribution in [2.75, 3.05) is 7.11 Å². The molecule has 0 unspecified atom stereocenters. The van der Waals surface area contributed by atoms with Gasteiger partial charge in [0.05, 0.1) is 25.2 Å². The molecule has 3 aromatic heterocycles. The van der Waals surface area contributed by atoms with Gasteiger partial charge in [0.25, 0.3) is 0 Å². The van der Waals surface area contributed by atoms with E-state index in [4.69, 9.17) is 9.47 Å². The van der Waals surface area contributed by atoms with Gasteiger partial charge in [-0.1, -0.05) is 6.07 Å². The Hall–Kier alpha value is -2.89. The van der Waals surface area contributed by atoms with E-state index in [2.05, 4.69) is 9.97 Å². The van der Waals surface area contributed by atoms with E-state index in [0.29, 0.717) is 17.1 Å². The smallest absolute Gasteiger partial charge is 0.355 e. The van der Waals surface area contributed by atoms with Crippen molar-refractivity contribution in [2.45, 2.75) is 6.61 Å². The third kappa shape index (κ3) is 2.55. The van der Waals surface area contributed by atoms with Gasteiger partial charge in [0.1, 0.15) is 23.7 Å². The maximum Gasteiger partial charge on any atom is 0.355 e. The Morgan fingerprint density at radius 3 is 2.90 bits per heavy atom. The fourth-order valence-electron chi connectivity index (χ4n) is 2.05. The second-order valence-electron chi connectivity index (χ2n) is 4.32. The molecule has 6 heteroatoms. The van der Waals surface area contributed by atoms with Crippen molar-refractivity contribution in [3.8, 4) is 5.75 Å². The summed E-state index contributed by atoms with van der Waals surface area (Å²) in [5.41, 5.74) is 1.84. The van der Waals surface area contributed by atoms with Crippen LogP contribution in [0.25, 0.3) is 5.65 Å². The molecule has 3 rings (SSSR count). The zero-order valence-electron chi connectivity index (χ0n) is 11.4. The summed E-state index contributed by atoms with van der Waals surface area (Å²) < 4.78 is 12.2. The predicted octanol–water partition coefficient (Wildman–Crippen LogP) is 2.09. The lowest BCUT2D eigenvalue weighted by Gasteiger charge is -2.08. The number of carbonyl (C=O) groups is 1. The Balaban J connectivity index is 1.94. The molecule has 0 N–H and O–H groups in total. The summed E-state index contributed by atoms with van der Waals surface area (Å²) in [5.74, 6) is 0.240. The number of methoxy groups -OCH3 is 1. The van der Waals surface area contributed by atoms with Crippen molar-refractivity contribution in [1.82, 2.24) is 14.4 Å². The maximum atomic E-state index is 11.8. The van der Waals surface area contributed by atoms with Crippen LogP contribution in [-0.4, -0.2) is 27.4 Å². The first-order valence-electron chi connectivity index (χ1n) is 6.36. The van der Waals surface area contributed by atoms with Crippen molar-refractivity contribution < 1.29 is 14.3 Å². The van der Waals surface area contributed by atoms with Crippen LogP contribution in [-0.2, 0) is 11.3 Å². The van der Waals surface area contributed by atoms with E-state index in [1.165, 1.54) is 7.11 Å². The van der Waals surface area contributed by atoms with Crippen LogP contribution in [0.5, 0.6) is 5.75 Å². The Bertz CT molecular complexity index is 768. The summed E-state index contributed by atoms with van der Waals surface area (Å²) >= 11 is 0. The van der Waals surface area contributed by atoms with E-state index in [9.17, 15) is 4.79 Å². The minimum Gasteiger partial charge on any atom is -0.486 e. The predicted molar refractivity (Wildman–Crippen MR) is 75.1 cm³/mol. The van der Waals surface area contributed by atoms with Crippen molar-refractivity contribution in [1.29, 1.82) is 0 Å². The maximum absolute atomic E-state index is 11.8. The van der Waals surface area contributed by atoms with E-state index in [1.807, 2.05) is 12.1 Å². The molecule has 0 aromatic carbocycles. The van der Waals surface area contributed by atoms with E-state index in [-0.39, 0.29) is 6.61 Å². The fraction of sp³-hybridized carbons (Fsp3) is 0.133. The van der Waals surface area contributed by atoms with Gasteiger partial charge in [-0.25, -0.2) is 9.78 Å². The second kappa shape index (κ2) is 5.62. The number of aromatic nitrogens is 3. The molecule has 21 heavy (non-hydrogen) atoms. The number of rotatable bonds is 4. The first-order valence-corrected chi connectivity index (χ1v) is 6.36. The highest BCUT2D eigenvalue weighted by atomic mass is 16.5. The molecule has 0 fully saturated rings. The molecule has 0 spiro atoms. The van der Waals surface area contributed by atoms with Crippen molar-refractivity contribution in [3.63, 3.8) is 0 Å². The lowest BCUT2D eigenvalue weighted by molar-refractivity contribution is 0.0591. The van der Waals surface area contributed by atoms with Crippen LogP contribution < -0.4 is 4.74 Å². The van der Waals surface area contributed by atoms with Gasteiger partial charge in [-0.15, -0.1) is 0 Å². The number of pyridine rings is 2. The summed E-state index contributed by atoms with van der Waals surface area (Å²) in [7, 11) is 1.35. The van der Waals surface area contributed by atoms with E-state index < -0.39 is 5.97 Å². The monoisotopic (exact) mass is 283 g/mol. The summed E-state index contributed by atoms with van der Waals surface area (Å²) in [5, 5.41) is 0. The molecule has 0 atom stereocenters. The Kier molecular flexibility index (Phi) is 3.51. The number of imidazole rings is 1. The average molecular weight is 283 g/mol. The lowest BCUT2D eigenvalue weighted by Crippen LogP contribution is -2.10. The zero-order chi connectivity index (χ0) is 14.7. The Morgan fingerprint density at radius 1 is 1.24 bits per heavy atom. The first kappa shape index (κ1) is 13.1. The molecule has 0 aliphatic carbocycles. The Morgan fingerprint density at radius 2 is 2.14 bits per heavy atom. The molecule has 0 saturated carbocycles. The van der Waals surface area contributed by atoms with Crippen LogP contribution in [0.3, 0.4) is 0 Å². The van der Waals surface area contributed by atoms with E-state index in [1.54, 1.807) is 41.2 Å². The van der Waals surface area contributed by atoms with Crippen LogP contribution in [0, 0.1) is 0 Å². The molecule has 0 saturated heterocycles. The van der Waals surface area contributed by atoms with Crippen molar-refractivity contribution in [3.05, 3.63) is 60.3 Å². The molecule has 6 nitrogen and oxygen atoms in total. The summed E-state index contributed by atoms with van der Waals surface area (Å²) in [6.07, 6.45) is 4.99. The van der Waals surface area contributed by atoms with Gasteiger partial charge in [0.15, 0.2) is 0 Å². The van der Waals surface area contributed by atoms with Gasteiger partial charge < -0.3 is 9.47 Å². The van der Waals surface area contributed by atoms with Crippen LogP contribution in [0.4, 0.5) is 0 Å². The average Bonchev–Trinajstić information content (AvgIpc) is 2.96. The molecule has 0 amide bonds. The van der Waals surface area contributed by atoms with Crippen LogP contribution in [0.2, 0.25) is 0 Å². The SMILES string of the molecule is COC(=O)c1cccc2ncc(COc3cccnc3)n12. The number of hydrogen-bond donors (Lipinski definition) is 0. The standard InChI is InChI=1S/C15H13N3O3/c1-20-15(19)13-5-2-6-14-17-8-11(18(13)14)10-21-12-4-3-7-16-9-12/h2-9H,10H2,1H3. The number of hydrogen-bond acceptors (Lipinski definition) is 5. The van der Waals surface area contributed by atoms with E-state index >= 15 is 0 Å². The summed E-state index contributed by atoms with van der Waals surface area (Å²) in [6, 6.07) is 8.88. The molecule has 0 bridgehead atoms. The van der Waals surface area contributed by atoms with Gasteiger partial charge in [0.2, 0.25) is 0 Å². The topological polar surface area (TPSA) is 65.7 Å². The van der Waals surface area contributed by atoms with Gasteiger partial charge >= 0.3 is 5.97 Å². The van der Waals surface area contributed by atoms with Gasteiger partial charge in [-0.3, -0.25) is 9.38 Å². The van der Waals surface area contributed by atoms with Gasteiger partial charge in [-0.2, -0.15) is 0 Å². The van der Waals surface area contributed by atoms with Crippen molar-refractivity contribution in [2.24, 2.45) is 0 Å². The van der Waals surface area contributed by atoms with Gasteiger partial charge in [-0.05, 0) is 24.3 Å². The summed E-state index contributed by atoms with van der Waals surface area (Å²) in [6.45, 7) is 0.279. The molecule has 0 radical (unpaired) electrons. The molecular weight excluding hydrogens is 270 g/mol. The zero-order valence-corrected chi connectivity index (χ0v) is 11.4. The van der Waals surface area contributed by atoms with Crippen LogP contribution >= 0.6 is 0 Å². The highest BCUT2D eigenvalue weighted by Crippen LogP contribution is 2.15. The molecule has 3 aromatic rings. The summed E-state index contributed by atoms with van der Waals surface area (Å²) in [4.78, 5) is 20.1. The largest absolute Gasteiger partial charge is 0.486 e. The normalized spacial score (nSPS) is 10.5. The molecule has 106 valence electrons. The minimum absolute atomic E-state index is 0.279. The van der Waals surface area contributed by atoms with Crippen molar-refractivity contribution >= 4 is 11.6 Å². The number of carbonyl (C=O) groups excluding carboxylic acids is 1. The third-order valence-corrected chi connectivity index (χ3v) is 3.02. The van der Waals surface area contributed by atoms with Crippen LogP contribution in [0.1, 0.15) is 16.2 Å².